The summed E-state index contributed by atoms with van der Waals surface area (Å²) >= 11 is 0. The Morgan fingerprint density at radius 1 is 1.47 bits per heavy atom. The zero-order valence-electron chi connectivity index (χ0n) is 11.2. The van der Waals surface area contributed by atoms with Crippen molar-refractivity contribution in [3.05, 3.63) is 17.5 Å². The van der Waals surface area contributed by atoms with Crippen LogP contribution in [0.4, 0.5) is 0 Å². The number of hydrogen-bond acceptors (Lipinski definition) is 4. The lowest BCUT2D eigenvalue weighted by atomic mass is 9.96. The number of aromatic nitrogens is 2. The van der Waals surface area contributed by atoms with Gasteiger partial charge < -0.3 is 10.0 Å². The molecule has 0 spiro atoms. The van der Waals surface area contributed by atoms with E-state index in [9.17, 15) is 4.79 Å². The van der Waals surface area contributed by atoms with Crippen LogP contribution < -0.4 is 0 Å². The van der Waals surface area contributed by atoms with Gasteiger partial charge in [-0.15, -0.1) is 0 Å². The first-order chi connectivity index (χ1) is 9.13. The van der Waals surface area contributed by atoms with Gasteiger partial charge in [-0.25, -0.2) is 4.79 Å². The first-order valence-electron chi connectivity index (χ1n) is 6.81. The number of aromatic carboxylic acids is 1. The number of nitrogens with one attached hydrogen (secondary N) is 1. The van der Waals surface area contributed by atoms with Gasteiger partial charge >= 0.3 is 5.97 Å². The van der Waals surface area contributed by atoms with Crippen molar-refractivity contribution in [2.75, 3.05) is 26.7 Å². The molecule has 1 aromatic heterocycles. The van der Waals surface area contributed by atoms with Crippen LogP contribution >= 0.6 is 0 Å². The van der Waals surface area contributed by atoms with Crippen LogP contribution in [-0.2, 0) is 6.54 Å². The molecule has 19 heavy (non-hydrogen) atoms. The fraction of sp³-hybridized carbons (Fsp3) is 0.692. The highest BCUT2D eigenvalue weighted by Gasteiger charge is 2.33. The fourth-order valence-corrected chi connectivity index (χ4v) is 3.40. The van der Waals surface area contributed by atoms with Gasteiger partial charge in [0.25, 0.3) is 0 Å². The number of likely N-dealkylation sites (N-methyl/N-ethyl adjacent to an activating group) is 1. The van der Waals surface area contributed by atoms with Crippen LogP contribution in [0, 0.1) is 5.92 Å². The minimum absolute atomic E-state index is 0.227. The third-order valence-corrected chi connectivity index (χ3v) is 4.39. The number of carbonyl (C=O) groups is 1. The van der Waals surface area contributed by atoms with Gasteiger partial charge in [0.2, 0.25) is 0 Å². The number of nitrogens with zero attached hydrogens (tertiary/aromatic N) is 3. The normalized spacial score (nSPS) is 28.5. The molecule has 3 fully saturated rings. The molecule has 3 aliphatic heterocycles. The molecule has 4 heterocycles. The molecule has 3 aliphatic rings. The molecule has 6 nitrogen and oxygen atoms in total. The van der Waals surface area contributed by atoms with E-state index < -0.39 is 5.97 Å². The van der Waals surface area contributed by atoms with Gasteiger partial charge in [0.1, 0.15) is 5.69 Å². The summed E-state index contributed by atoms with van der Waals surface area (Å²) in [4.78, 5) is 15.9. The summed E-state index contributed by atoms with van der Waals surface area (Å²) < 4.78 is 0. The number of piperidine rings is 1. The molecule has 6 heteroatoms. The summed E-state index contributed by atoms with van der Waals surface area (Å²) in [5.74, 6) is -0.216. The number of aromatic amines is 1. The highest BCUT2D eigenvalue weighted by Crippen LogP contribution is 2.27. The lowest BCUT2D eigenvalue weighted by Gasteiger charge is -2.32. The number of H-pyrrole nitrogens is 1. The molecule has 1 aromatic rings. The minimum Gasteiger partial charge on any atom is -0.477 e. The topological polar surface area (TPSA) is 72.5 Å². The lowest BCUT2D eigenvalue weighted by Crippen LogP contribution is -2.40. The largest absolute Gasteiger partial charge is 0.477 e. The van der Waals surface area contributed by atoms with Gasteiger partial charge in [-0.2, -0.15) is 5.10 Å². The van der Waals surface area contributed by atoms with Crippen molar-refractivity contribution in [3.63, 3.8) is 0 Å². The molecule has 3 saturated heterocycles. The van der Waals surface area contributed by atoms with Gasteiger partial charge in [0.05, 0.1) is 6.20 Å². The lowest BCUT2D eigenvalue weighted by molar-refractivity contribution is 0.0688. The molecule has 2 N–H and O–H groups in total. The summed E-state index contributed by atoms with van der Waals surface area (Å²) in [5, 5.41) is 15.5. The van der Waals surface area contributed by atoms with Crippen molar-refractivity contribution < 1.29 is 9.90 Å². The number of fused-ring (bicyclic) bond motifs is 4. The summed E-state index contributed by atoms with van der Waals surface area (Å²) in [7, 11) is 2.20. The summed E-state index contributed by atoms with van der Waals surface area (Å²) in [5.41, 5.74) is 1.02. The molecule has 0 unspecified atom stereocenters. The molecular weight excluding hydrogens is 244 g/mol. The Morgan fingerprint density at radius 2 is 2.32 bits per heavy atom. The van der Waals surface area contributed by atoms with E-state index in [0.29, 0.717) is 18.5 Å². The van der Waals surface area contributed by atoms with Gasteiger partial charge in [-0.1, -0.05) is 0 Å². The van der Waals surface area contributed by atoms with Gasteiger partial charge in [0.15, 0.2) is 0 Å². The van der Waals surface area contributed by atoms with Crippen LogP contribution in [-0.4, -0.2) is 63.8 Å². The van der Waals surface area contributed by atoms with E-state index >= 15 is 0 Å². The first-order valence-corrected chi connectivity index (χ1v) is 6.81. The Labute approximate surface area is 112 Å². The fourth-order valence-electron chi connectivity index (χ4n) is 3.40. The van der Waals surface area contributed by atoms with E-state index in [1.54, 1.807) is 6.20 Å². The average molecular weight is 264 g/mol. The maximum absolute atomic E-state index is 11.1. The molecule has 0 amide bonds. The monoisotopic (exact) mass is 264 g/mol. The van der Waals surface area contributed by atoms with Crippen molar-refractivity contribution in [3.8, 4) is 0 Å². The quantitative estimate of drug-likeness (QED) is 0.838. The van der Waals surface area contributed by atoms with Gasteiger partial charge in [0, 0.05) is 37.8 Å². The van der Waals surface area contributed by atoms with E-state index in [2.05, 4.69) is 27.0 Å². The van der Waals surface area contributed by atoms with Crippen molar-refractivity contribution in [1.29, 1.82) is 0 Å². The van der Waals surface area contributed by atoms with Crippen molar-refractivity contribution in [2.45, 2.75) is 25.4 Å². The first kappa shape index (κ1) is 12.6. The molecule has 0 saturated carbocycles. The van der Waals surface area contributed by atoms with Crippen LogP contribution in [0.1, 0.15) is 28.9 Å². The Hall–Kier alpha value is -1.40. The maximum Gasteiger partial charge on any atom is 0.354 e. The third-order valence-electron chi connectivity index (χ3n) is 4.39. The highest BCUT2D eigenvalue weighted by molar-refractivity contribution is 5.86. The molecule has 4 rings (SSSR count). The summed E-state index contributed by atoms with van der Waals surface area (Å²) in [6, 6.07) is 0.610. The second-order valence-electron chi connectivity index (χ2n) is 5.81. The number of rotatable bonds is 3. The molecule has 2 atom stereocenters. The predicted molar refractivity (Wildman–Crippen MR) is 70.0 cm³/mol. The molecule has 2 bridgehead atoms. The van der Waals surface area contributed by atoms with Crippen LogP contribution in [0.5, 0.6) is 0 Å². The minimum atomic E-state index is -0.928. The number of carboxylic acid groups (broad SMARTS) is 1. The van der Waals surface area contributed by atoms with Crippen LogP contribution in [0.2, 0.25) is 0 Å². The van der Waals surface area contributed by atoms with Crippen LogP contribution in [0.25, 0.3) is 0 Å². The zero-order chi connectivity index (χ0) is 13.4. The zero-order valence-corrected chi connectivity index (χ0v) is 11.2. The standard InChI is InChI=1S/C13H20N4O2/c1-16-5-9-2-3-11(16)8-17(6-9)7-10-4-14-15-12(10)13(18)19/h4,9,11H,2-3,5-8H2,1H3,(H,14,15)(H,18,19)/t9-,11-/m1/s1. The van der Waals surface area contributed by atoms with E-state index in [4.69, 9.17) is 5.11 Å². The second-order valence-corrected chi connectivity index (χ2v) is 5.81. The van der Waals surface area contributed by atoms with Gasteiger partial charge in [-0.05, 0) is 25.8 Å². The van der Waals surface area contributed by atoms with E-state index in [-0.39, 0.29) is 5.69 Å². The van der Waals surface area contributed by atoms with E-state index in [1.807, 2.05) is 0 Å². The average Bonchev–Trinajstić information content (AvgIpc) is 2.65. The van der Waals surface area contributed by atoms with E-state index in [0.717, 1.165) is 18.7 Å². The molecule has 104 valence electrons. The van der Waals surface area contributed by atoms with Crippen molar-refractivity contribution >= 4 is 5.97 Å². The summed E-state index contributed by atoms with van der Waals surface area (Å²) in [6.45, 7) is 3.93. The highest BCUT2D eigenvalue weighted by atomic mass is 16.4. The Kier molecular flexibility index (Phi) is 3.28. The summed E-state index contributed by atoms with van der Waals surface area (Å²) in [6.07, 6.45) is 4.19. The molecule has 0 aromatic carbocycles. The van der Waals surface area contributed by atoms with Crippen molar-refractivity contribution in [2.24, 2.45) is 5.92 Å². The molecule has 0 aliphatic carbocycles. The molecule has 0 radical (unpaired) electrons. The molecular formula is C13H20N4O2. The Morgan fingerprint density at radius 3 is 3.05 bits per heavy atom. The predicted octanol–water partition coefficient (Wildman–Crippen LogP) is 0.634. The van der Waals surface area contributed by atoms with Crippen molar-refractivity contribution in [1.82, 2.24) is 20.0 Å². The van der Waals surface area contributed by atoms with Crippen LogP contribution in [0.15, 0.2) is 6.20 Å². The SMILES string of the molecule is CN1C[C@H]2CC[C@@H]1CN(Cc1cn[nH]c1C(=O)O)C2. The van der Waals surface area contributed by atoms with E-state index in [1.165, 1.54) is 19.4 Å². The number of hydrogen-bond donors (Lipinski definition) is 2. The third kappa shape index (κ3) is 2.50. The smallest absolute Gasteiger partial charge is 0.354 e. The second kappa shape index (κ2) is 4.94. The Bertz CT molecular complexity index is 473. The van der Waals surface area contributed by atoms with Gasteiger partial charge in [-0.3, -0.25) is 10.00 Å². The number of carboxylic acids is 1. The van der Waals surface area contributed by atoms with Crippen LogP contribution in [0.3, 0.4) is 0 Å². The maximum atomic E-state index is 11.1. The Balaban J connectivity index is 1.73.